The van der Waals surface area contributed by atoms with E-state index in [1.807, 2.05) is 68.4 Å². The van der Waals surface area contributed by atoms with Crippen LogP contribution in [0.1, 0.15) is 56.1 Å². The molecular weight excluding hydrogens is 402 g/mol. The van der Waals surface area contributed by atoms with E-state index in [1.54, 1.807) is 6.07 Å². The normalized spacial score (nSPS) is 15.6. The van der Waals surface area contributed by atoms with E-state index in [9.17, 15) is 9.59 Å². The quantitative estimate of drug-likeness (QED) is 0.375. The Hall–Kier alpha value is -3.18. The molecule has 0 aliphatic carbocycles. The van der Waals surface area contributed by atoms with Gasteiger partial charge >= 0.3 is 5.97 Å². The summed E-state index contributed by atoms with van der Waals surface area (Å²) in [6, 6.07) is 19.2. The van der Waals surface area contributed by atoms with Gasteiger partial charge in [-0.2, -0.15) is 0 Å². The molecule has 0 radical (unpaired) electrons. The summed E-state index contributed by atoms with van der Waals surface area (Å²) in [4.78, 5) is 25.6. The zero-order valence-electron chi connectivity index (χ0n) is 18.7. The number of Topliss-reactive ketones (excluding diaryl/α,β-unsaturated/α-hetero) is 1. The molecule has 0 saturated carbocycles. The molecule has 166 valence electrons. The molecule has 5 nitrogen and oxygen atoms in total. The molecule has 0 spiro atoms. The van der Waals surface area contributed by atoms with Crippen LogP contribution in [0.25, 0.3) is 0 Å². The molecule has 2 aromatic carbocycles. The highest BCUT2D eigenvalue weighted by atomic mass is 16.5. The lowest BCUT2D eigenvalue weighted by Crippen LogP contribution is -2.18. The van der Waals surface area contributed by atoms with Crippen molar-refractivity contribution in [2.75, 3.05) is 13.2 Å². The molecule has 0 bridgehead atoms. The Bertz CT molecular complexity index is 1090. The smallest absolute Gasteiger partial charge is 0.338 e. The van der Waals surface area contributed by atoms with Crippen LogP contribution in [0.15, 0.2) is 60.7 Å². The lowest BCUT2D eigenvalue weighted by molar-refractivity contribution is 0.0473. The molecule has 5 heteroatoms. The highest BCUT2D eigenvalue weighted by molar-refractivity contribution is 6.00. The van der Waals surface area contributed by atoms with E-state index >= 15 is 0 Å². The van der Waals surface area contributed by atoms with E-state index in [-0.39, 0.29) is 18.5 Å². The SMILES string of the molecule is Cc1cc(C(=O)COC(=O)c2ccccc2Cc2ccccc2)c(C)n1CC1CCCO1. The molecule has 1 unspecified atom stereocenters. The maximum absolute atomic E-state index is 12.9. The molecule has 4 rings (SSSR count). The van der Waals surface area contributed by atoms with Crippen molar-refractivity contribution in [1.29, 1.82) is 0 Å². The number of rotatable bonds is 8. The fourth-order valence-corrected chi connectivity index (χ4v) is 4.33. The minimum Gasteiger partial charge on any atom is -0.454 e. The zero-order valence-corrected chi connectivity index (χ0v) is 18.7. The Morgan fingerprint density at radius 1 is 1.03 bits per heavy atom. The third kappa shape index (κ3) is 5.00. The second-order valence-electron chi connectivity index (χ2n) is 8.35. The average molecular weight is 432 g/mol. The molecular formula is C27H29NO4. The summed E-state index contributed by atoms with van der Waals surface area (Å²) in [5, 5.41) is 0. The number of esters is 1. The molecule has 1 aliphatic rings. The van der Waals surface area contributed by atoms with Crippen molar-refractivity contribution < 1.29 is 19.1 Å². The van der Waals surface area contributed by atoms with Crippen molar-refractivity contribution in [3.05, 3.63) is 94.3 Å². The third-order valence-corrected chi connectivity index (χ3v) is 6.09. The third-order valence-electron chi connectivity index (χ3n) is 6.09. The van der Waals surface area contributed by atoms with Crippen molar-refractivity contribution in [1.82, 2.24) is 4.57 Å². The molecule has 1 aliphatic heterocycles. The summed E-state index contributed by atoms with van der Waals surface area (Å²) in [6.45, 7) is 5.20. The van der Waals surface area contributed by atoms with Gasteiger partial charge in [-0.05, 0) is 56.4 Å². The van der Waals surface area contributed by atoms with E-state index in [4.69, 9.17) is 9.47 Å². The van der Waals surface area contributed by atoms with Crippen LogP contribution >= 0.6 is 0 Å². The number of hydrogen-bond donors (Lipinski definition) is 0. The standard InChI is InChI=1S/C27H29NO4/c1-19-15-25(20(2)28(19)17-23-12-8-14-31-23)26(29)18-32-27(30)24-13-7-6-11-22(24)16-21-9-4-3-5-10-21/h3-7,9-11,13,15,23H,8,12,14,16-18H2,1-2H3. The van der Waals surface area contributed by atoms with Crippen LogP contribution in [0.5, 0.6) is 0 Å². The lowest BCUT2D eigenvalue weighted by atomic mass is 10.00. The van der Waals surface area contributed by atoms with E-state index in [0.717, 1.165) is 48.5 Å². The Labute approximate surface area is 189 Å². The fourth-order valence-electron chi connectivity index (χ4n) is 4.33. The van der Waals surface area contributed by atoms with Gasteiger partial charge in [-0.3, -0.25) is 4.79 Å². The summed E-state index contributed by atoms with van der Waals surface area (Å²) in [7, 11) is 0. The molecule has 2 heterocycles. The predicted molar refractivity (Wildman–Crippen MR) is 123 cm³/mol. The molecule has 3 aromatic rings. The lowest BCUT2D eigenvalue weighted by Gasteiger charge is -2.15. The second-order valence-corrected chi connectivity index (χ2v) is 8.35. The number of carbonyl (C=O) groups is 2. The summed E-state index contributed by atoms with van der Waals surface area (Å²) in [5.41, 5.74) is 5.00. The molecule has 0 amide bonds. The summed E-state index contributed by atoms with van der Waals surface area (Å²) < 4.78 is 13.3. The Morgan fingerprint density at radius 3 is 2.53 bits per heavy atom. The molecule has 1 aromatic heterocycles. The van der Waals surface area contributed by atoms with Crippen LogP contribution in [0.2, 0.25) is 0 Å². The summed E-state index contributed by atoms with van der Waals surface area (Å²) in [6.07, 6.45) is 2.95. The number of benzene rings is 2. The molecule has 1 atom stereocenters. The maximum atomic E-state index is 12.9. The van der Waals surface area contributed by atoms with Gasteiger partial charge in [-0.25, -0.2) is 4.79 Å². The number of carbonyl (C=O) groups excluding carboxylic acids is 2. The monoisotopic (exact) mass is 431 g/mol. The largest absolute Gasteiger partial charge is 0.454 e. The average Bonchev–Trinajstić information content (AvgIpc) is 3.42. The maximum Gasteiger partial charge on any atom is 0.338 e. The van der Waals surface area contributed by atoms with Crippen molar-refractivity contribution in [3.63, 3.8) is 0 Å². The van der Waals surface area contributed by atoms with Gasteiger partial charge in [0, 0.05) is 30.1 Å². The summed E-state index contributed by atoms with van der Waals surface area (Å²) >= 11 is 0. The molecule has 1 fully saturated rings. The van der Waals surface area contributed by atoms with Gasteiger partial charge < -0.3 is 14.0 Å². The number of aromatic nitrogens is 1. The second kappa shape index (κ2) is 9.96. The van der Waals surface area contributed by atoms with Crippen LogP contribution in [0, 0.1) is 13.8 Å². The predicted octanol–water partition coefficient (Wildman–Crippen LogP) is 4.91. The summed E-state index contributed by atoms with van der Waals surface area (Å²) in [5.74, 6) is -0.663. The number of ether oxygens (including phenoxy) is 2. The number of hydrogen-bond acceptors (Lipinski definition) is 4. The van der Waals surface area contributed by atoms with Crippen LogP contribution in [-0.4, -0.2) is 35.6 Å². The van der Waals surface area contributed by atoms with Gasteiger partial charge in [0.25, 0.3) is 0 Å². The van der Waals surface area contributed by atoms with Gasteiger partial charge in [0.15, 0.2) is 6.61 Å². The van der Waals surface area contributed by atoms with E-state index in [1.165, 1.54) is 0 Å². The minimum absolute atomic E-state index is 0.189. The number of aryl methyl sites for hydroxylation is 1. The molecule has 32 heavy (non-hydrogen) atoms. The Morgan fingerprint density at radius 2 is 1.78 bits per heavy atom. The van der Waals surface area contributed by atoms with Crippen LogP contribution in [-0.2, 0) is 22.4 Å². The van der Waals surface area contributed by atoms with Gasteiger partial charge in [-0.15, -0.1) is 0 Å². The van der Waals surface area contributed by atoms with Crippen LogP contribution in [0.3, 0.4) is 0 Å². The Kier molecular flexibility index (Phi) is 6.86. The molecule has 0 N–H and O–H groups in total. The van der Waals surface area contributed by atoms with Gasteiger partial charge in [-0.1, -0.05) is 48.5 Å². The van der Waals surface area contributed by atoms with E-state index in [0.29, 0.717) is 17.5 Å². The van der Waals surface area contributed by atoms with Crippen molar-refractivity contribution in [2.45, 2.75) is 45.8 Å². The van der Waals surface area contributed by atoms with E-state index in [2.05, 4.69) is 4.57 Å². The molecule has 1 saturated heterocycles. The van der Waals surface area contributed by atoms with Crippen LogP contribution < -0.4 is 0 Å². The van der Waals surface area contributed by atoms with Crippen LogP contribution in [0.4, 0.5) is 0 Å². The highest BCUT2D eigenvalue weighted by Crippen LogP contribution is 2.21. The topological polar surface area (TPSA) is 57.5 Å². The van der Waals surface area contributed by atoms with Gasteiger partial charge in [0.1, 0.15) is 0 Å². The first-order chi connectivity index (χ1) is 15.5. The first-order valence-corrected chi connectivity index (χ1v) is 11.1. The van der Waals surface area contributed by atoms with Gasteiger partial charge in [0.05, 0.1) is 11.7 Å². The van der Waals surface area contributed by atoms with E-state index < -0.39 is 5.97 Å². The van der Waals surface area contributed by atoms with Crippen molar-refractivity contribution >= 4 is 11.8 Å². The van der Waals surface area contributed by atoms with Gasteiger partial charge in [0.2, 0.25) is 5.78 Å². The first kappa shape index (κ1) is 22.0. The minimum atomic E-state index is -0.474. The fraction of sp³-hybridized carbons (Fsp3) is 0.333. The number of nitrogens with zero attached hydrogens (tertiary/aromatic N) is 1. The number of ketones is 1. The van der Waals surface area contributed by atoms with Crippen molar-refractivity contribution in [3.8, 4) is 0 Å². The first-order valence-electron chi connectivity index (χ1n) is 11.1. The zero-order chi connectivity index (χ0) is 22.5. The Balaban J connectivity index is 1.42. The van der Waals surface area contributed by atoms with Crippen molar-refractivity contribution in [2.24, 2.45) is 0 Å². The highest BCUT2D eigenvalue weighted by Gasteiger charge is 2.22.